The molecule has 0 amide bonds. The van der Waals surface area contributed by atoms with Crippen molar-refractivity contribution >= 4 is 0 Å². The van der Waals surface area contributed by atoms with Gasteiger partial charge in [-0.05, 0) is 13.0 Å². The minimum absolute atomic E-state index is 0.191. The van der Waals surface area contributed by atoms with Crippen LogP contribution in [0.5, 0.6) is 0 Å². The molecule has 4 nitrogen and oxygen atoms in total. The Morgan fingerprint density at radius 1 is 0.727 bits per heavy atom. The molecule has 0 saturated carbocycles. The van der Waals surface area contributed by atoms with Gasteiger partial charge < -0.3 is 20.8 Å². The highest BCUT2D eigenvalue weighted by Gasteiger charge is 1.86. The first-order valence-corrected chi connectivity index (χ1v) is 4.05. The van der Waals surface area contributed by atoms with Crippen molar-refractivity contribution in [3.8, 4) is 0 Å². The number of hydrogen-bond donors (Lipinski definition) is 4. The van der Waals surface area contributed by atoms with Gasteiger partial charge in [-0.1, -0.05) is 0 Å². The molecular formula is C7H18N2O2. The van der Waals surface area contributed by atoms with E-state index in [-0.39, 0.29) is 13.2 Å². The van der Waals surface area contributed by atoms with Crippen LogP contribution in [-0.4, -0.2) is 49.6 Å². The Labute approximate surface area is 67.6 Å². The molecule has 4 N–H and O–H groups in total. The Balaban J connectivity index is 2.69. The summed E-state index contributed by atoms with van der Waals surface area (Å²) in [5.41, 5.74) is 0. The second-order valence-corrected chi connectivity index (χ2v) is 2.30. The molecule has 0 fully saturated rings. The minimum atomic E-state index is 0.191. The summed E-state index contributed by atoms with van der Waals surface area (Å²) in [7, 11) is 0. The van der Waals surface area contributed by atoms with Gasteiger partial charge in [-0.2, -0.15) is 0 Å². The maximum atomic E-state index is 8.42. The van der Waals surface area contributed by atoms with Crippen molar-refractivity contribution in [3.05, 3.63) is 0 Å². The van der Waals surface area contributed by atoms with Crippen molar-refractivity contribution in [2.45, 2.75) is 6.42 Å². The lowest BCUT2D eigenvalue weighted by molar-refractivity contribution is 0.284. The van der Waals surface area contributed by atoms with Gasteiger partial charge in [0.25, 0.3) is 0 Å². The molecule has 0 atom stereocenters. The molecule has 0 aliphatic rings. The van der Waals surface area contributed by atoms with Gasteiger partial charge in [-0.3, -0.25) is 0 Å². The summed E-state index contributed by atoms with van der Waals surface area (Å²) < 4.78 is 0. The predicted octanol–water partition coefficient (Wildman–Crippen LogP) is -1.46. The van der Waals surface area contributed by atoms with Crippen molar-refractivity contribution in [1.82, 2.24) is 10.6 Å². The van der Waals surface area contributed by atoms with E-state index in [1.54, 1.807) is 0 Å². The van der Waals surface area contributed by atoms with E-state index in [1.807, 2.05) is 0 Å². The average Bonchev–Trinajstić information content (AvgIpc) is 2.03. The molecular weight excluding hydrogens is 144 g/mol. The lowest BCUT2D eigenvalue weighted by Crippen LogP contribution is -2.29. The van der Waals surface area contributed by atoms with Crippen molar-refractivity contribution in [2.75, 3.05) is 39.4 Å². The van der Waals surface area contributed by atoms with Gasteiger partial charge in [0.15, 0.2) is 0 Å². The SMILES string of the molecule is OCCCNCCNCCO. The minimum Gasteiger partial charge on any atom is -0.396 e. The van der Waals surface area contributed by atoms with Gasteiger partial charge in [-0.25, -0.2) is 0 Å². The molecule has 0 rings (SSSR count). The molecule has 0 saturated heterocycles. The van der Waals surface area contributed by atoms with Crippen LogP contribution in [0.2, 0.25) is 0 Å². The summed E-state index contributed by atoms with van der Waals surface area (Å²) in [6, 6.07) is 0. The van der Waals surface area contributed by atoms with E-state index >= 15 is 0 Å². The Morgan fingerprint density at radius 3 is 1.91 bits per heavy atom. The van der Waals surface area contributed by atoms with Crippen molar-refractivity contribution in [3.63, 3.8) is 0 Å². The molecule has 0 aromatic heterocycles. The maximum absolute atomic E-state index is 8.42. The van der Waals surface area contributed by atoms with Crippen LogP contribution in [0.3, 0.4) is 0 Å². The highest BCUT2D eigenvalue weighted by atomic mass is 16.3. The fraction of sp³-hybridized carbons (Fsp3) is 1.00. The normalized spacial score (nSPS) is 10.4. The van der Waals surface area contributed by atoms with Crippen LogP contribution in [0, 0.1) is 0 Å². The van der Waals surface area contributed by atoms with E-state index in [0.29, 0.717) is 6.54 Å². The topological polar surface area (TPSA) is 64.5 Å². The van der Waals surface area contributed by atoms with Crippen LogP contribution in [0.15, 0.2) is 0 Å². The van der Waals surface area contributed by atoms with Crippen molar-refractivity contribution in [2.24, 2.45) is 0 Å². The third-order valence-corrected chi connectivity index (χ3v) is 1.28. The first kappa shape index (κ1) is 10.8. The fourth-order valence-corrected chi connectivity index (χ4v) is 0.710. The zero-order valence-corrected chi connectivity index (χ0v) is 6.84. The molecule has 0 bridgehead atoms. The summed E-state index contributed by atoms with van der Waals surface area (Å²) >= 11 is 0. The molecule has 4 heteroatoms. The van der Waals surface area contributed by atoms with E-state index in [1.165, 1.54) is 0 Å². The van der Waals surface area contributed by atoms with Gasteiger partial charge >= 0.3 is 0 Å². The van der Waals surface area contributed by atoms with Crippen LogP contribution in [-0.2, 0) is 0 Å². The van der Waals surface area contributed by atoms with E-state index in [9.17, 15) is 0 Å². The quantitative estimate of drug-likeness (QED) is 0.329. The van der Waals surface area contributed by atoms with Crippen LogP contribution >= 0.6 is 0 Å². The van der Waals surface area contributed by atoms with Gasteiger partial charge in [0, 0.05) is 26.2 Å². The van der Waals surface area contributed by atoms with Crippen molar-refractivity contribution < 1.29 is 10.2 Å². The predicted molar refractivity (Wildman–Crippen MR) is 44.5 cm³/mol. The second kappa shape index (κ2) is 9.84. The summed E-state index contributed by atoms with van der Waals surface area (Å²) in [5, 5.41) is 23.0. The van der Waals surface area contributed by atoms with Gasteiger partial charge in [0.05, 0.1) is 6.61 Å². The Kier molecular flexibility index (Phi) is 9.70. The Morgan fingerprint density at radius 2 is 1.36 bits per heavy atom. The van der Waals surface area contributed by atoms with Crippen LogP contribution in [0.1, 0.15) is 6.42 Å². The third-order valence-electron chi connectivity index (χ3n) is 1.28. The third kappa shape index (κ3) is 9.84. The highest BCUT2D eigenvalue weighted by molar-refractivity contribution is 4.50. The van der Waals surface area contributed by atoms with Gasteiger partial charge in [-0.15, -0.1) is 0 Å². The molecule has 0 spiro atoms. The Hall–Kier alpha value is -0.160. The first-order chi connectivity index (χ1) is 5.41. The number of aliphatic hydroxyl groups is 2. The molecule has 11 heavy (non-hydrogen) atoms. The van der Waals surface area contributed by atoms with Crippen molar-refractivity contribution in [1.29, 1.82) is 0 Å². The average molecular weight is 162 g/mol. The monoisotopic (exact) mass is 162 g/mol. The number of hydrogen-bond acceptors (Lipinski definition) is 4. The largest absolute Gasteiger partial charge is 0.396 e. The molecule has 0 unspecified atom stereocenters. The van der Waals surface area contributed by atoms with Crippen LogP contribution < -0.4 is 10.6 Å². The highest BCUT2D eigenvalue weighted by Crippen LogP contribution is 1.69. The van der Waals surface area contributed by atoms with E-state index in [2.05, 4.69) is 10.6 Å². The summed E-state index contributed by atoms with van der Waals surface area (Å²) in [6.45, 7) is 3.71. The van der Waals surface area contributed by atoms with Crippen LogP contribution in [0.4, 0.5) is 0 Å². The summed E-state index contributed by atoms with van der Waals surface area (Å²) in [6.07, 6.45) is 0.806. The molecule has 68 valence electrons. The molecule has 0 aliphatic heterocycles. The van der Waals surface area contributed by atoms with Gasteiger partial charge in [0.1, 0.15) is 0 Å². The molecule has 0 heterocycles. The zero-order chi connectivity index (χ0) is 8.36. The summed E-state index contributed by atoms with van der Waals surface area (Å²) in [5.74, 6) is 0. The lowest BCUT2D eigenvalue weighted by atomic mass is 10.4. The lowest BCUT2D eigenvalue weighted by Gasteiger charge is -2.03. The molecule has 0 aromatic rings. The van der Waals surface area contributed by atoms with Crippen LogP contribution in [0.25, 0.3) is 0 Å². The molecule has 0 aromatic carbocycles. The maximum Gasteiger partial charge on any atom is 0.0555 e. The smallest absolute Gasteiger partial charge is 0.0555 e. The molecule has 0 aliphatic carbocycles. The van der Waals surface area contributed by atoms with E-state index in [0.717, 1.165) is 26.1 Å². The van der Waals surface area contributed by atoms with Gasteiger partial charge in [0.2, 0.25) is 0 Å². The summed E-state index contributed by atoms with van der Waals surface area (Å²) in [4.78, 5) is 0. The fourth-order valence-electron chi connectivity index (χ4n) is 0.710. The number of aliphatic hydroxyl groups excluding tert-OH is 2. The first-order valence-electron chi connectivity index (χ1n) is 4.05. The number of rotatable bonds is 8. The second-order valence-electron chi connectivity index (χ2n) is 2.30. The van der Waals surface area contributed by atoms with E-state index < -0.39 is 0 Å². The number of nitrogens with one attached hydrogen (secondary N) is 2. The Bertz CT molecular complexity index is 63.5. The zero-order valence-electron chi connectivity index (χ0n) is 6.84. The van der Waals surface area contributed by atoms with E-state index in [4.69, 9.17) is 10.2 Å². The molecule has 0 radical (unpaired) electrons. The standard InChI is InChI=1S/C7H18N2O2/c10-6-1-2-8-3-4-9-5-7-11/h8-11H,1-7H2.